The first-order valence-electron chi connectivity index (χ1n) is 7.22. The SMILES string of the molecule is CCCC/C=C/C(C)/C=C\O[Si](C)(C)C(C)(C)C. The van der Waals surface area contributed by atoms with Crippen LogP contribution in [0.4, 0.5) is 0 Å². The minimum atomic E-state index is -1.63. The van der Waals surface area contributed by atoms with Crippen LogP contribution in [0.15, 0.2) is 24.5 Å². The van der Waals surface area contributed by atoms with Gasteiger partial charge in [0, 0.05) is 0 Å². The van der Waals surface area contributed by atoms with Crippen LogP contribution >= 0.6 is 0 Å². The molecule has 0 aromatic heterocycles. The third-order valence-corrected chi connectivity index (χ3v) is 8.05. The molecule has 0 aromatic rings. The molecule has 0 N–H and O–H groups in total. The number of hydrogen-bond donors (Lipinski definition) is 0. The van der Waals surface area contributed by atoms with E-state index in [0.717, 1.165) is 0 Å². The molecule has 1 unspecified atom stereocenters. The Morgan fingerprint density at radius 1 is 1.17 bits per heavy atom. The predicted molar refractivity (Wildman–Crippen MR) is 85.3 cm³/mol. The summed E-state index contributed by atoms with van der Waals surface area (Å²) in [7, 11) is -1.63. The molecule has 0 heterocycles. The molecule has 0 bridgehead atoms. The van der Waals surface area contributed by atoms with Gasteiger partial charge in [-0.2, -0.15) is 0 Å². The van der Waals surface area contributed by atoms with Gasteiger partial charge in [-0.1, -0.05) is 59.6 Å². The van der Waals surface area contributed by atoms with E-state index in [-0.39, 0.29) is 5.04 Å². The van der Waals surface area contributed by atoms with Gasteiger partial charge in [0.2, 0.25) is 8.32 Å². The molecule has 0 aliphatic rings. The lowest BCUT2D eigenvalue weighted by Gasteiger charge is -2.35. The summed E-state index contributed by atoms with van der Waals surface area (Å²) in [6.07, 6.45) is 12.4. The molecule has 0 aliphatic carbocycles. The second kappa shape index (κ2) is 7.83. The van der Waals surface area contributed by atoms with Gasteiger partial charge in [0.1, 0.15) is 0 Å². The van der Waals surface area contributed by atoms with Crippen molar-refractivity contribution in [1.29, 1.82) is 0 Å². The quantitative estimate of drug-likeness (QED) is 0.241. The Balaban J connectivity index is 4.13. The standard InChI is InChI=1S/C16H32OSi/c1-8-9-10-11-12-15(2)13-14-17-18(6,7)16(3,4)5/h11-15H,8-10H2,1-7H3/b12-11+,14-13-. The maximum Gasteiger partial charge on any atom is 0.249 e. The maximum absolute atomic E-state index is 6.02. The van der Waals surface area contributed by atoms with Crippen LogP contribution in [0.1, 0.15) is 53.9 Å². The monoisotopic (exact) mass is 268 g/mol. The fraction of sp³-hybridized carbons (Fsp3) is 0.750. The highest BCUT2D eigenvalue weighted by Gasteiger charge is 2.37. The fourth-order valence-corrected chi connectivity index (χ4v) is 1.98. The molecule has 18 heavy (non-hydrogen) atoms. The first-order valence-corrected chi connectivity index (χ1v) is 10.1. The molecule has 0 saturated carbocycles. The largest absolute Gasteiger partial charge is 0.549 e. The molecule has 0 amide bonds. The molecule has 0 rings (SSSR count). The van der Waals surface area contributed by atoms with Gasteiger partial charge in [-0.3, -0.25) is 0 Å². The Bertz CT molecular complexity index is 271. The van der Waals surface area contributed by atoms with Crippen LogP contribution in [-0.2, 0) is 4.43 Å². The topological polar surface area (TPSA) is 9.23 Å². The molecule has 0 saturated heterocycles. The Morgan fingerprint density at radius 2 is 1.78 bits per heavy atom. The lowest BCUT2D eigenvalue weighted by atomic mass is 10.1. The smallest absolute Gasteiger partial charge is 0.249 e. The van der Waals surface area contributed by atoms with Crippen molar-refractivity contribution in [1.82, 2.24) is 0 Å². The van der Waals surface area contributed by atoms with E-state index in [1.165, 1.54) is 19.3 Å². The van der Waals surface area contributed by atoms with Crippen molar-refractivity contribution in [3.63, 3.8) is 0 Å². The highest BCUT2D eigenvalue weighted by molar-refractivity contribution is 6.74. The number of rotatable bonds is 7. The van der Waals surface area contributed by atoms with Crippen molar-refractivity contribution in [2.75, 3.05) is 0 Å². The Labute approximate surface area is 115 Å². The van der Waals surface area contributed by atoms with E-state index < -0.39 is 8.32 Å². The molecule has 0 spiro atoms. The highest BCUT2D eigenvalue weighted by atomic mass is 28.4. The summed E-state index contributed by atoms with van der Waals surface area (Å²) in [5.41, 5.74) is 0. The number of hydrogen-bond acceptors (Lipinski definition) is 1. The normalized spacial score (nSPS) is 15.5. The average Bonchev–Trinajstić information content (AvgIpc) is 2.22. The molecular weight excluding hydrogens is 236 g/mol. The zero-order valence-corrected chi connectivity index (χ0v) is 14.4. The summed E-state index contributed by atoms with van der Waals surface area (Å²) >= 11 is 0. The Kier molecular flexibility index (Phi) is 7.61. The summed E-state index contributed by atoms with van der Waals surface area (Å²) in [5.74, 6) is 0.464. The Morgan fingerprint density at radius 3 is 2.28 bits per heavy atom. The maximum atomic E-state index is 6.02. The molecule has 0 aliphatic heterocycles. The molecular formula is C16H32OSi. The summed E-state index contributed by atoms with van der Waals surface area (Å²) < 4.78 is 6.02. The van der Waals surface area contributed by atoms with Crippen molar-refractivity contribution in [3.05, 3.63) is 24.5 Å². The lowest BCUT2D eigenvalue weighted by molar-refractivity contribution is 0.427. The summed E-state index contributed by atoms with van der Waals surface area (Å²) in [5, 5.41) is 0.275. The van der Waals surface area contributed by atoms with E-state index in [0.29, 0.717) is 5.92 Å². The molecule has 1 atom stereocenters. The van der Waals surface area contributed by atoms with Gasteiger partial charge < -0.3 is 4.43 Å². The zero-order chi connectivity index (χ0) is 14.2. The number of allylic oxidation sites excluding steroid dienone is 3. The van der Waals surface area contributed by atoms with Crippen molar-refractivity contribution in [2.24, 2.45) is 5.92 Å². The molecule has 0 aromatic carbocycles. The van der Waals surface area contributed by atoms with Crippen LogP contribution in [0, 0.1) is 5.92 Å². The summed E-state index contributed by atoms with van der Waals surface area (Å²) in [6, 6.07) is 0. The minimum Gasteiger partial charge on any atom is -0.549 e. The van der Waals surface area contributed by atoms with Gasteiger partial charge in [0.05, 0.1) is 6.26 Å². The van der Waals surface area contributed by atoms with E-state index in [4.69, 9.17) is 4.43 Å². The van der Waals surface area contributed by atoms with Gasteiger partial charge in [0.25, 0.3) is 0 Å². The fourth-order valence-electron chi connectivity index (χ4n) is 1.21. The molecule has 106 valence electrons. The van der Waals surface area contributed by atoms with Gasteiger partial charge in [-0.15, -0.1) is 0 Å². The van der Waals surface area contributed by atoms with E-state index >= 15 is 0 Å². The van der Waals surface area contributed by atoms with Crippen molar-refractivity contribution >= 4 is 8.32 Å². The molecule has 0 radical (unpaired) electrons. The van der Waals surface area contributed by atoms with E-state index in [9.17, 15) is 0 Å². The zero-order valence-electron chi connectivity index (χ0n) is 13.4. The highest BCUT2D eigenvalue weighted by Crippen LogP contribution is 2.36. The van der Waals surface area contributed by atoms with E-state index in [1.807, 2.05) is 6.26 Å². The average molecular weight is 269 g/mol. The second-order valence-electron chi connectivity index (χ2n) is 6.64. The summed E-state index contributed by atoms with van der Waals surface area (Å²) in [4.78, 5) is 0. The first-order chi connectivity index (χ1) is 8.20. The van der Waals surface area contributed by atoms with Crippen molar-refractivity contribution in [2.45, 2.75) is 72.0 Å². The van der Waals surface area contributed by atoms with Crippen LogP contribution in [0.5, 0.6) is 0 Å². The van der Waals surface area contributed by atoms with Crippen LogP contribution in [0.25, 0.3) is 0 Å². The van der Waals surface area contributed by atoms with Crippen molar-refractivity contribution < 1.29 is 4.43 Å². The van der Waals surface area contributed by atoms with Gasteiger partial charge in [0.15, 0.2) is 0 Å². The van der Waals surface area contributed by atoms with Gasteiger partial charge >= 0.3 is 0 Å². The van der Waals surface area contributed by atoms with Crippen LogP contribution in [0.2, 0.25) is 18.1 Å². The minimum absolute atomic E-state index is 0.275. The van der Waals surface area contributed by atoms with Gasteiger partial charge in [-0.05, 0) is 36.5 Å². The Hall–Kier alpha value is -0.503. The third-order valence-electron chi connectivity index (χ3n) is 3.71. The third kappa shape index (κ3) is 7.05. The van der Waals surface area contributed by atoms with Crippen LogP contribution < -0.4 is 0 Å². The van der Waals surface area contributed by atoms with Gasteiger partial charge in [-0.25, -0.2) is 0 Å². The van der Waals surface area contributed by atoms with Crippen LogP contribution in [-0.4, -0.2) is 8.32 Å². The molecule has 1 nitrogen and oxygen atoms in total. The predicted octanol–water partition coefficient (Wildman–Crippen LogP) is 5.90. The van der Waals surface area contributed by atoms with Crippen molar-refractivity contribution in [3.8, 4) is 0 Å². The first kappa shape index (κ1) is 17.5. The van der Waals surface area contributed by atoms with E-state index in [2.05, 4.69) is 65.9 Å². The van der Waals surface area contributed by atoms with Crippen LogP contribution in [0.3, 0.4) is 0 Å². The lowest BCUT2D eigenvalue weighted by Crippen LogP contribution is -2.39. The summed E-state index contributed by atoms with van der Waals surface area (Å²) in [6.45, 7) is 15.8. The molecule has 2 heteroatoms. The second-order valence-corrected chi connectivity index (χ2v) is 11.4. The van der Waals surface area contributed by atoms with E-state index in [1.54, 1.807) is 0 Å². The number of unbranched alkanes of at least 4 members (excludes halogenated alkanes) is 2. The molecule has 0 fully saturated rings.